The minimum Gasteiger partial charge on any atom is -0.454 e. The van der Waals surface area contributed by atoms with Gasteiger partial charge in [-0.25, -0.2) is 4.52 Å². The maximum Gasteiger partial charge on any atom is 0.393 e. The van der Waals surface area contributed by atoms with Crippen molar-refractivity contribution >= 4 is 27.4 Å². The maximum atomic E-state index is 12.9. The lowest BCUT2D eigenvalue weighted by Gasteiger charge is -2.31. The summed E-state index contributed by atoms with van der Waals surface area (Å²) in [6, 6.07) is 5.43. The molecule has 4 heterocycles. The number of nitrogens with zero attached hydrogens (tertiary/aromatic N) is 4. The second-order valence-electron chi connectivity index (χ2n) is 5.66. The van der Waals surface area contributed by atoms with Gasteiger partial charge >= 0.3 is 6.08 Å². The average molecular weight is 391 g/mol. The van der Waals surface area contributed by atoms with Crippen LogP contribution in [0.25, 0.3) is 5.52 Å². The van der Waals surface area contributed by atoms with E-state index in [0.29, 0.717) is 18.7 Å². The Hall–Kier alpha value is -2.35. The summed E-state index contributed by atoms with van der Waals surface area (Å²) in [5.74, 6) is 0.664. The molecule has 0 radical (unpaired) electrons. The highest BCUT2D eigenvalue weighted by Gasteiger charge is 2.33. The smallest absolute Gasteiger partial charge is 0.393 e. The second kappa shape index (κ2) is 5.62. The van der Waals surface area contributed by atoms with Crippen molar-refractivity contribution < 1.29 is 13.9 Å². The fraction of sp³-hybridized carbons (Fsp3) is 0.312. The zero-order chi connectivity index (χ0) is 16.8. The molecule has 0 fully saturated rings. The van der Waals surface area contributed by atoms with Gasteiger partial charge in [-0.15, -0.1) is 0 Å². The summed E-state index contributed by atoms with van der Waals surface area (Å²) in [5.41, 5.74) is 2.03. The number of amides is 1. The number of halogens is 1. The highest BCUT2D eigenvalue weighted by molar-refractivity contribution is 9.10. The second-order valence-corrected chi connectivity index (χ2v) is 6.58. The quantitative estimate of drug-likeness (QED) is 0.672. The van der Waals surface area contributed by atoms with E-state index in [4.69, 9.17) is 9.15 Å². The number of hydrogen-bond acceptors (Lipinski definition) is 5. The van der Waals surface area contributed by atoms with Crippen LogP contribution in [0.2, 0.25) is 0 Å². The van der Waals surface area contributed by atoms with Gasteiger partial charge in [0.1, 0.15) is 11.5 Å². The molecule has 1 atom stereocenters. The molecule has 4 rings (SSSR count). The van der Waals surface area contributed by atoms with Crippen LogP contribution in [0, 0.1) is 0 Å². The van der Waals surface area contributed by atoms with Crippen LogP contribution in [0.1, 0.15) is 34.9 Å². The highest BCUT2D eigenvalue weighted by Crippen LogP contribution is 2.32. The highest BCUT2D eigenvalue weighted by atomic mass is 79.9. The van der Waals surface area contributed by atoms with Crippen LogP contribution in [0.4, 0.5) is 0 Å². The van der Waals surface area contributed by atoms with Crippen LogP contribution >= 0.6 is 15.9 Å². The molecule has 1 aliphatic rings. The Morgan fingerprint density at radius 2 is 2.29 bits per heavy atom. The number of oxazole rings is 1. The van der Waals surface area contributed by atoms with Crippen LogP contribution in [0.5, 0.6) is 6.08 Å². The summed E-state index contributed by atoms with van der Waals surface area (Å²) in [4.78, 5) is 19.0. The Balaban J connectivity index is 1.66. The lowest BCUT2D eigenvalue weighted by molar-refractivity contribution is 0.0661. The molecule has 0 spiro atoms. The van der Waals surface area contributed by atoms with Gasteiger partial charge in [0.2, 0.25) is 0 Å². The number of carbonyl (C=O) groups excluding carboxylic acids is 1. The summed E-state index contributed by atoms with van der Waals surface area (Å²) >= 11 is 3.41. The fourth-order valence-corrected chi connectivity index (χ4v) is 3.31. The minimum atomic E-state index is -0.189. The summed E-state index contributed by atoms with van der Waals surface area (Å²) in [6.07, 6.45) is 2.67. The molecule has 7 nitrogen and oxygen atoms in total. The van der Waals surface area contributed by atoms with Gasteiger partial charge in [-0.1, -0.05) is 0 Å². The van der Waals surface area contributed by atoms with Crippen molar-refractivity contribution in [3.05, 3.63) is 46.0 Å². The number of fused-ring (bicyclic) bond motifs is 2. The van der Waals surface area contributed by atoms with Crippen LogP contribution in [0.15, 0.2) is 33.3 Å². The Bertz CT molecular complexity index is 933. The van der Waals surface area contributed by atoms with E-state index in [0.717, 1.165) is 21.4 Å². The molecule has 124 valence electrons. The molecule has 0 saturated heterocycles. The van der Waals surface area contributed by atoms with Crippen molar-refractivity contribution in [2.75, 3.05) is 13.7 Å². The molecule has 0 aliphatic carbocycles. The molecule has 3 aromatic rings. The third kappa shape index (κ3) is 2.37. The summed E-state index contributed by atoms with van der Waals surface area (Å²) < 4.78 is 13.2. The van der Waals surface area contributed by atoms with Gasteiger partial charge in [-0.3, -0.25) is 4.79 Å². The molecule has 1 aliphatic heterocycles. The molecule has 24 heavy (non-hydrogen) atoms. The number of carbonyl (C=O) groups is 1. The van der Waals surface area contributed by atoms with Crippen LogP contribution in [0.3, 0.4) is 0 Å². The van der Waals surface area contributed by atoms with Gasteiger partial charge in [0.05, 0.1) is 18.7 Å². The largest absolute Gasteiger partial charge is 0.454 e. The van der Waals surface area contributed by atoms with Gasteiger partial charge in [-0.05, 0) is 41.1 Å². The monoisotopic (exact) mass is 390 g/mol. The van der Waals surface area contributed by atoms with Crippen molar-refractivity contribution in [3.63, 3.8) is 0 Å². The third-order valence-electron chi connectivity index (χ3n) is 4.23. The van der Waals surface area contributed by atoms with Gasteiger partial charge in [0.15, 0.2) is 5.69 Å². The molecule has 0 bridgehead atoms. The third-order valence-corrected chi connectivity index (χ3v) is 4.70. The van der Waals surface area contributed by atoms with E-state index in [1.165, 1.54) is 7.11 Å². The molecule has 1 unspecified atom stereocenters. The number of aromatic nitrogens is 3. The van der Waals surface area contributed by atoms with Gasteiger partial charge in [0.25, 0.3) is 5.91 Å². The van der Waals surface area contributed by atoms with Gasteiger partial charge in [-0.2, -0.15) is 10.1 Å². The molecule has 1 amide bonds. The predicted octanol–water partition coefficient (Wildman–Crippen LogP) is 2.85. The number of hydrogen-bond donors (Lipinski definition) is 0. The van der Waals surface area contributed by atoms with Crippen LogP contribution in [-0.4, -0.2) is 39.1 Å². The van der Waals surface area contributed by atoms with E-state index in [9.17, 15) is 4.79 Å². The zero-order valence-electron chi connectivity index (χ0n) is 13.2. The van der Waals surface area contributed by atoms with E-state index >= 15 is 0 Å². The van der Waals surface area contributed by atoms with Crippen molar-refractivity contribution in [1.82, 2.24) is 19.5 Å². The Labute approximate surface area is 146 Å². The fourth-order valence-electron chi connectivity index (χ4n) is 2.99. The summed E-state index contributed by atoms with van der Waals surface area (Å²) in [7, 11) is 1.51. The summed E-state index contributed by atoms with van der Waals surface area (Å²) in [6.45, 7) is 2.49. The van der Waals surface area contributed by atoms with E-state index in [1.807, 2.05) is 25.3 Å². The Morgan fingerprint density at radius 3 is 3.08 bits per heavy atom. The van der Waals surface area contributed by atoms with Crippen molar-refractivity contribution in [2.24, 2.45) is 0 Å². The first-order valence-electron chi connectivity index (χ1n) is 7.56. The van der Waals surface area contributed by atoms with Gasteiger partial charge < -0.3 is 14.1 Å². The van der Waals surface area contributed by atoms with Crippen LogP contribution < -0.4 is 4.74 Å². The normalized spacial score (nSPS) is 17.1. The van der Waals surface area contributed by atoms with Crippen molar-refractivity contribution in [2.45, 2.75) is 19.4 Å². The SMILES string of the molecule is COc1nc2c(o1)CCN(C(=O)c1cc3ccc(Br)cn3n1)C2C. The molecule has 0 N–H and O–H groups in total. The van der Waals surface area contributed by atoms with Crippen molar-refractivity contribution in [3.8, 4) is 6.08 Å². The predicted molar refractivity (Wildman–Crippen MR) is 89.1 cm³/mol. The zero-order valence-corrected chi connectivity index (χ0v) is 14.8. The number of methoxy groups -OCH3 is 1. The first-order valence-corrected chi connectivity index (χ1v) is 8.35. The van der Waals surface area contributed by atoms with Gasteiger partial charge in [0, 0.05) is 23.6 Å². The Kier molecular flexibility index (Phi) is 3.56. The summed E-state index contributed by atoms with van der Waals surface area (Å²) in [5, 5.41) is 4.39. The molecular formula is C16H15BrN4O3. The van der Waals surface area contributed by atoms with E-state index in [2.05, 4.69) is 26.0 Å². The van der Waals surface area contributed by atoms with Crippen LogP contribution in [-0.2, 0) is 6.42 Å². The number of rotatable bonds is 2. The molecule has 0 saturated carbocycles. The first kappa shape index (κ1) is 15.2. The molecule has 8 heteroatoms. The average Bonchev–Trinajstić information content (AvgIpc) is 3.18. The first-order chi connectivity index (χ1) is 11.6. The minimum absolute atomic E-state index is 0.116. The Morgan fingerprint density at radius 1 is 1.46 bits per heavy atom. The number of pyridine rings is 1. The van der Waals surface area contributed by atoms with E-state index < -0.39 is 0 Å². The van der Waals surface area contributed by atoms with E-state index in [1.54, 1.807) is 15.5 Å². The lowest BCUT2D eigenvalue weighted by Crippen LogP contribution is -2.39. The number of ether oxygens (including phenoxy) is 1. The topological polar surface area (TPSA) is 72.9 Å². The maximum absolute atomic E-state index is 12.9. The molecule has 3 aromatic heterocycles. The van der Waals surface area contributed by atoms with Crippen molar-refractivity contribution in [1.29, 1.82) is 0 Å². The molecule has 0 aromatic carbocycles. The lowest BCUT2D eigenvalue weighted by atomic mass is 10.0. The standard InChI is InChI=1S/C16H15BrN4O3/c1-9-14-13(24-16(18-14)23-2)5-6-20(9)15(22)12-7-11-4-3-10(17)8-21(11)19-12/h3-4,7-9H,5-6H2,1-2H3. The van der Waals surface area contributed by atoms with E-state index in [-0.39, 0.29) is 18.0 Å². The molecular weight excluding hydrogens is 376 g/mol.